The molecule has 1 amide bonds. The molecule has 1 rings (SSSR count). The number of rotatable bonds is 3. The first kappa shape index (κ1) is 9.77. The first-order valence-electron chi connectivity index (χ1n) is 4.09. The molecule has 1 heterocycles. The molecule has 4 heteroatoms. The van der Waals surface area contributed by atoms with Gasteiger partial charge in [0, 0.05) is 11.9 Å². The third kappa shape index (κ3) is 2.89. The molecule has 0 unspecified atom stereocenters. The summed E-state index contributed by atoms with van der Waals surface area (Å²) in [6.07, 6.45) is 1.75. The average molecular weight is 184 g/mol. The number of carbonyl (C=O) groups excluding carboxylic acids is 1. The second kappa shape index (κ2) is 3.60. The minimum Gasteiger partial charge on any atom is -0.364 e. The topological polar surface area (TPSA) is 44.9 Å². The van der Waals surface area contributed by atoms with Gasteiger partial charge in [-0.2, -0.15) is 0 Å². The van der Waals surface area contributed by atoms with Crippen molar-refractivity contribution in [2.75, 3.05) is 0 Å². The lowest BCUT2D eigenvalue weighted by molar-refractivity contribution is -0.130. The van der Waals surface area contributed by atoms with Gasteiger partial charge < -0.3 is 10.3 Å². The van der Waals surface area contributed by atoms with E-state index in [4.69, 9.17) is 0 Å². The van der Waals surface area contributed by atoms with Gasteiger partial charge in [-0.25, -0.2) is 4.39 Å². The standard InChI is InChI=1S/C9H13FN2O/c1-9(2,10)8(13)12-6-7-4-3-5-11-7/h3-5,11H,6H2,1-2H3,(H,12,13). The Morgan fingerprint density at radius 3 is 2.85 bits per heavy atom. The number of amides is 1. The van der Waals surface area contributed by atoms with Gasteiger partial charge in [0.1, 0.15) is 0 Å². The van der Waals surface area contributed by atoms with Crippen molar-refractivity contribution in [3.8, 4) is 0 Å². The molecule has 0 bridgehead atoms. The number of aromatic amines is 1. The fourth-order valence-corrected chi connectivity index (χ4v) is 0.863. The van der Waals surface area contributed by atoms with Gasteiger partial charge in [-0.3, -0.25) is 4.79 Å². The van der Waals surface area contributed by atoms with Crippen LogP contribution in [0, 0.1) is 0 Å². The van der Waals surface area contributed by atoms with Crippen LogP contribution in [-0.4, -0.2) is 16.6 Å². The molecule has 0 radical (unpaired) electrons. The maximum Gasteiger partial charge on any atom is 0.257 e. The zero-order valence-electron chi connectivity index (χ0n) is 7.73. The highest BCUT2D eigenvalue weighted by molar-refractivity contribution is 5.83. The highest BCUT2D eigenvalue weighted by Crippen LogP contribution is 2.07. The van der Waals surface area contributed by atoms with Crippen LogP contribution in [0.25, 0.3) is 0 Å². The van der Waals surface area contributed by atoms with Gasteiger partial charge in [-0.05, 0) is 26.0 Å². The number of hydrogen-bond donors (Lipinski definition) is 2. The molecule has 0 spiro atoms. The van der Waals surface area contributed by atoms with Crippen LogP contribution in [0.3, 0.4) is 0 Å². The van der Waals surface area contributed by atoms with Crippen LogP contribution in [0.4, 0.5) is 4.39 Å². The number of hydrogen-bond acceptors (Lipinski definition) is 1. The molecule has 2 N–H and O–H groups in total. The molecule has 72 valence electrons. The molecule has 0 saturated heterocycles. The first-order valence-corrected chi connectivity index (χ1v) is 4.09. The second-order valence-electron chi connectivity index (χ2n) is 3.35. The molecule has 0 fully saturated rings. The highest BCUT2D eigenvalue weighted by atomic mass is 19.1. The van der Waals surface area contributed by atoms with E-state index in [9.17, 15) is 9.18 Å². The number of nitrogens with one attached hydrogen (secondary N) is 2. The van der Waals surface area contributed by atoms with Crippen molar-refractivity contribution in [3.63, 3.8) is 0 Å². The highest BCUT2D eigenvalue weighted by Gasteiger charge is 2.25. The van der Waals surface area contributed by atoms with Gasteiger partial charge in [0.2, 0.25) is 0 Å². The Morgan fingerprint density at radius 1 is 1.69 bits per heavy atom. The normalized spacial score (nSPS) is 11.3. The molecule has 3 nitrogen and oxygen atoms in total. The maximum atomic E-state index is 13.0. The molecular weight excluding hydrogens is 171 g/mol. The van der Waals surface area contributed by atoms with Crippen LogP contribution >= 0.6 is 0 Å². The van der Waals surface area contributed by atoms with Crippen molar-refractivity contribution in [2.24, 2.45) is 0 Å². The average Bonchev–Trinajstić information content (AvgIpc) is 2.50. The predicted molar refractivity (Wildman–Crippen MR) is 47.8 cm³/mol. The van der Waals surface area contributed by atoms with Crippen LogP contribution in [0.15, 0.2) is 18.3 Å². The van der Waals surface area contributed by atoms with Crippen LogP contribution in [0.5, 0.6) is 0 Å². The van der Waals surface area contributed by atoms with Crippen molar-refractivity contribution in [1.29, 1.82) is 0 Å². The summed E-state index contributed by atoms with van der Waals surface area (Å²) < 4.78 is 13.0. The van der Waals surface area contributed by atoms with Crippen LogP contribution in [0.1, 0.15) is 19.5 Å². The molecule has 1 aromatic heterocycles. The van der Waals surface area contributed by atoms with Crippen LogP contribution < -0.4 is 5.32 Å². The number of H-pyrrole nitrogens is 1. The Morgan fingerprint density at radius 2 is 2.38 bits per heavy atom. The summed E-state index contributed by atoms with van der Waals surface area (Å²) in [6.45, 7) is 2.80. The first-order chi connectivity index (χ1) is 6.00. The lowest BCUT2D eigenvalue weighted by Gasteiger charge is -2.13. The van der Waals surface area contributed by atoms with E-state index in [1.807, 2.05) is 12.1 Å². The Hall–Kier alpha value is -1.32. The summed E-state index contributed by atoms with van der Waals surface area (Å²) in [6, 6.07) is 3.65. The number of carbonyl (C=O) groups is 1. The van der Waals surface area contributed by atoms with Crippen molar-refractivity contribution < 1.29 is 9.18 Å². The third-order valence-corrected chi connectivity index (χ3v) is 1.64. The zero-order valence-corrected chi connectivity index (χ0v) is 7.73. The SMILES string of the molecule is CC(C)(F)C(=O)NCc1ccc[nH]1. The molecule has 1 aromatic rings. The largest absolute Gasteiger partial charge is 0.364 e. The van der Waals surface area contributed by atoms with Gasteiger partial charge in [-0.1, -0.05) is 0 Å². The molecule has 0 saturated carbocycles. The van der Waals surface area contributed by atoms with Gasteiger partial charge in [-0.15, -0.1) is 0 Å². The van der Waals surface area contributed by atoms with Gasteiger partial charge in [0.05, 0.1) is 6.54 Å². The molecule has 0 aliphatic heterocycles. The van der Waals surface area contributed by atoms with Crippen molar-refractivity contribution in [1.82, 2.24) is 10.3 Å². The monoisotopic (exact) mass is 184 g/mol. The van der Waals surface area contributed by atoms with E-state index >= 15 is 0 Å². The van der Waals surface area contributed by atoms with E-state index in [1.165, 1.54) is 13.8 Å². The third-order valence-electron chi connectivity index (χ3n) is 1.64. The summed E-state index contributed by atoms with van der Waals surface area (Å²) in [5.74, 6) is -0.595. The Kier molecular flexibility index (Phi) is 2.70. The van der Waals surface area contributed by atoms with Crippen molar-refractivity contribution in [3.05, 3.63) is 24.0 Å². The van der Waals surface area contributed by atoms with E-state index in [1.54, 1.807) is 6.20 Å². The minimum absolute atomic E-state index is 0.333. The summed E-state index contributed by atoms with van der Waals surface area (Å²) in [5.41, 5.74) is -0.954. The fraction of sp³-hybridized carbons (Fsp3) is 0.444. The smallest absolute Gasteiger partial charge is 0.257 e. The summed E-state index contributed by atoms with van der Waals surface area (Å²) >= 11 is 0. The second-order valence-corrected chi connectivity index (χ2v) is 3.35. The van der Waals surface area contributed by atoms with E-state index in [2.05, 4.69) is 10.3 Å². The van der Waals surface area contributed by atoms with Gasteiger partial charge in [0.25, 0.3) is 5.91 Å². The molecule has 0 aliphatic rings. The van der Waals surface area contributed by atoms with E-state index < -0.39 is 11.6 Å². The molecule has 13 heavy (non-hydrogen) atoms. The predicted octanol–water partition coefficient (Wildman–Crippen LogP) is 1.38. The summed E-state index contributed by atoms with van der Waals surface area (Å²) in [4.78, 5) is 14.0. The molecule has 0 aliphatic carbocycles. The lowest BCUT2D eigenvalue weighted by atomic mass is 10.1. The Bertz CT molecular complexity index is 274. The summed E-state index contributed by atoms with van der Waals surface area (Å²) in [7, 11) is 0. The molecule has 0 aromatic carbocycles. The van der Waals surface area contributed by atoms with Crippen LogP contribution in [-0.2, 0) is 11.3 Å². The Balaban J connectivity index is 2.40. The minimum atomic E-state index is -1.81. The van der Waals surface area contributed by atoms with Gasteiger partial charge in [0.15, 0.2) is 5.67 Å². The van der Waals surface area contributed by atoms with Crippen LogP contribution in [0.2, 0.25) is 0 Å². The lowest BCUT2D eigenvalue weighted by Crippen LogP contribution is -2.38. The molecule has 0 atom stereocenters. The van der Waals surface area contributed by atoms with E-state index in [0.717, 1.165) is 5.69 Å². The number of halogens is 1. The maximum absolute atomic E-state index is 13.0. The zero-order chi connectivity index (χ0) is 9.90. The van der Waals surface area contributed by atoms with E-state index in [-0.39, 0.29) is 0 Å². The number of aromatic nitrogens is 1. The number of alkyl halides is 1. The fourth-order valence-electron chi connectivity index (χ4n) is 0.863. The van der Waals surface area contributed by atoms with E-state index in [0.29, 0.717) is 6.54 Å². The Labute approximate surface area is 76.3 Å². The van der Waals surface area contributed by atoms with Crippen molar-refractivity contribution >= 4 is 5.91 Å². The van der Waals surface area contributed by atoms with Crippen molar-refractivity contribution in [2.45, 2.75) is 26.1 Å². The summed E-state index contributed by atoms with van der Waals surface area (Å²) in [5, 5.41) is 2.48. The molecular formula is C9H13FN2O. The van der Waals surface area contributed by atoms with Gasteiger partial charge >= 0.3 is 0 Å². The quantitative estimate of drug-likeness (QED) is 0.732.